The summed E-state index contributed by atoms with van der Waals surface area (Å²) in [5.41, 5.74) is 0. The lowest BCUT2D eigenvalue weighted by atomic mass is 10.2. The molecule has 2 unspecified atom stereocenters. The van der Waals surface area contributed by atoms with Crippen molar-refractivity contribution in [2.24, 2.45) is 5.92 Å². The minimum Gasteiger partial charge on any atom is -0.395 e. The Morgan fingerprint density at radius 3 is 2.43 bits per heavy atom. The highest BCUT2D eigenvalue weighted by atomic mass is 32.2. The fourth-order valence-electron chi connectivity index (χ4n) is 1.20. The summed E-state index contributed by atoms with van der Waals surface area (Å²) in [4.78, 5) is 0. The molecule has 2 atom stereocenters. The molecule has 1 saturated carbocycles. The Hall–Kier alpha value is 0.270. The van der Waals surface area contributed by atoms with Gasteiger partial charge in [-0.2, -0.15) is 11.8 Å². The van der Waals surface area contributed by atoms with Crippen molar-refractivity contribution in [2.45, 2.75) is 50.9 Å². The predicted molar refractivity (Wildman–Crippen MR) is 63.8 cm³/mol. The quantitative estimate of drug-likeness (QED) is 0.683. The number of aliphatic hydroxyl groups excluding tert-OH is 1. The van der Waals surface area contributed by atoms with Gasteiger partial charge in [0, 0.05) is 23.1 Å². The highest BCUT2D eigenvalue weighted by Crippen LogP contribution is 2.22. The maximum absolute atomic E-state index is 9.18. The van der Waals surface area contributed by atoms with Crippen molar-refractivity contribution in [2.75, 3.05) is 12.4 Å². The van der Waals surface area contributed by atoms with E-state index in [-0.39, 0.29) is 6.61 Å². The first-order chi connectivity index (χ1) is 6.63. The number of rotatable bonds is 7. The molecule has 2 nitrogen and oxygen atoms in total. The molecule has 0 amide bonds. The summed E-state index contributed by atoms with van der Waals surface area (Å²) in [5, 5.41) is 13.3. The third-order valence-corrected chi connectivity index (χ3v) is 4.43. The number of thioether (sulfide) groups is 1. The molecule has 3 heteroatoms. The summed E-state index contributed by atoms with van der Waals surface area (Å²) < 4.78 is 0. The van der Waals surface area contributed by atoms with Gasteiger partial charge in [0.2, 0.25) is 0 Å². The number of nitrogens with one attached hydrogen (secondary N) is 1. The highest BCUT2D eigenvalue weighted by molar-refractivity contribution is 7.99. The van der Waals surface area contributed by atoms with Gasteiger partial charge in [-0.25, -0.2) is 0 Å². The van der Waals surface area contributed by atoms with Crippen LogP contribution < -0.4 is 5.32 Å². The maximum atomic E-state index is 9.18. The van der Waals surface area contributed by atoms with E-state index in [1.54, 1.807) is 0 Å². The van der Waals surface area contributed by atoms with Gasteiger partial charge in [0.05, 0.1) is 6.61 Å². The summed E-state index contributed by atoms with van der Waals surface area (Å²) in [6.45, 7) is 7.04. The predicted octanol–water partition coefficient (Wildman–Crippen LogP) is 1.88. The van der Waals surface area contributed by atoms with E-state index in [2.05, 4.69) is 26.1 Å². The molecule has 1 fully saturated rings. The standard InChI is InChI=1S/C11H23NOS/c1-8(2)9(3)14-7-11(6-13)12-10-4-5-10/h8-13H,4-7H2,1-3H3. The minimum absolute atomic E-state index is 0.272. The van der Waals surface area contributed by atoms with Crippen molar-refractivity contribution in [3.05, 3.63) is 0 Å². The van der Waals surface area contributed by atoms with Crippen LogP contribution in [0.5, 0.6) is 0 Å². The number of hydrogen-bond acceptors (Lipinski definition) is 3. The van der Waals surface area contributed by atoms with Gasteiger partial charge < -0.3 is 10.4 Å². The van der Waals surface area contributed by atoms with Gasteiger partial charge in [0.15, 0.2) is 0 Å². The lowest BCUT2D eigenvalue weighted by molar-refractivity contribution is 0.253. The Bertz CT molecular complexity index is 159. The van der Waals surface area contributed by atoms with Crippen LogP contribution in [0.1, 0.15) is 33.6 Å². The second kappa shape index (κ2) is 5.99. The molecular weight excluding hydrogens is 194 g/mol. The molecule has 0 aromatic carbocycles. The van der Waals surface area contributed by atoms with Crippen LogP contribution in [0.25, 0.3) is 0 Å². The largest absolute Gasteiger partial charge is 0.395 e. The van der Waals surface area contributed by atoms with E-state index in [0.717, 1.165) is 11.7 Å². The Morgan fingerprint density at radius 2 is 2.00 bits per heavy atom. The fraction of sp³-hybridized carbons (Fsp3) is 1.00. The van der Waals surface area contributed by atoms with E-state index in [1.807, 2.05) is 11.8 Å². The molecule has 0 heterocycles. The first-order valence-electron chi connectivity index (χ1n) is 5.62. The van der Waals surface area contributed by atoms with Crippen LogP contribution in [-0.2, 0) is 0 Å². The van der Waals surface area contributed by atoms with Crippen molar-refractivity contribution < 1.29 is 5.11 Å². The SMILES string of the molecule is CC(C)C(C)SCC(CO)NC1CC1. The van der Waals surface area contributed by atoms with Crippen LogP contribution in [0, 0.1) is 5.92 Å². The van der Waals surface area contributed by atoms with Gasteiger partial charge in [-0.1, -0.05) is 20.8 Å². The third kappa shape index (κ3) is 4.67. The zero-order chi connectivity index (χ0) is 10.6. The molecule has 1 aliphatic rings. The van der Waals surface area contributed by atoms with Gasteiger partial charge >= 0.3 is 0 Å². The molecule has 0 bridgehead atoms. The molecule has 0 radical (unpaired) electrons. The van der Waals surface area contributed by atoms with Crippen LogP contribution in [0.3, 0.4) is 0 Å². The smallest absolute Gasteiger partial charge is 0.0592 e. The lowest BCUT2D eigenvalue weighted by Gasteiger charge is -2.20. The number of hydrogen-bond donors (Lipinski definition) is 2. The van der Waals surface area contributed by atoms with Gasteiger partial charge in [-0.15, -0.1) is 0 Å². The van der Waals surface area contributed by atoms with Crippen molar-refractivity contribution in [3.8, 4) is 0 Å². The summed E-state index contributed by atoms with van der Waals surface area (Å²) >= 11 is 1.96. The monoisotopic (exact) mass is 217 g/mol. The topological polar surface area (TPSA) is 32.3 Å². The Kier molecular flexibility index (Phi) is 5.28. The Morgan fingerprint density at radius 1 is 1.36 bits per heavy atom. The first-order valence-corrected chi connectivity index (χ1v) is 6.67. The minimum atomic E-state index is 0.272. The van der Waals surface area contributed by atoms with Gasteiger partial charge in [0.1, 0.15) is 0 Å². The fourth-order valence-corrected chi connectivity index (χ4v) is 2.32. The van der Waals surface area contributed by atoms with Crippen LogP contribution in [0.15, 0.2) is 0 Å². The first kappa shape index (κ1) is 12.3. The molecule has 84 valence electrons. The van der Waals surface area contributed by atoms with Crippen LogP contribution in [0.4, 0.5) is 0 Å². The number of aliphatic hydroxyl groups is 1. The van der Waals surface area contributed by atoms with Crippen molar-refractivity contribution in [3.63, 3.8) is 0 Å². The normalized spacial score (nSPS) is 21.2. The van der Waals surface area contributed by atoms with E-state index >= 15 is 0 Å². The lowest BCUT2D eigenvalue weighted by Crippen LogP contribution is -2.36. The Labute approximate surface area is 91.9 Å². The zero-order valence-corrected chi connectivity index (χ0v) is 10.3. The summed E-state index contributed by atoms with van der Waals surface area (Å²) in [5.74, 6) is 1.76. The van der Waals surface area contributed by atoms with Gasteiger partial charge in [-0.3, -0.25) is 0 Å². The van der Waals surface area contributed by atoms with E-state index in [0.29, 0.717) is 17.3 Å². The molecule has 2 N–H and O–H groups in total. The molecule has 0 spiro atoms. The summed E-state index contributed by atoms with van der Waals surface area (Å²) in [7, 11) is 0. The van der Waals surface area contributed by atoms with Crippen molar-refractivity contribution >= 4 is 11.8 Å². The molecule has 0 aromatic heterocycles. The second-order valence-electron chi connectivity index (χ2n) is 4.60. The van der Waals surface area contributed by atoms with Gasteiger partial charge in [-0.05, 0) is 18.8 Å². The molecular formula is C11H23NOS. The molecule has 1 rings (SSSR count). The van der Waals surface area contributed by atoms with Crippen molar-refractivity contribution in [1.29, 1.82) is 0 Å². The molecule has 14 heavy (non-hydrogen) atoms. The van der Waals surface area contributed by atoms with E-state index < -0.39 is 0 Å². The zero-order valence-electron chi connectivity index (χ0n) is 9.49. The Balaban J connectivity index is 2.12. The third-order valence-electron chi connectivity index (χ3n) is 2.77. The average Bonchev–Trinajstić information content (AvgIpc) is 2.95. The molecule has 1 aliphatic carbocycles. The average molecular weight is 217 g/mol. The molecule has 0 saturated heterocycles. The van der Waals surface area contributed by atoms with E-state index in [9.17, 15) is 5.11 Å². The molecule has 0 aliphatic heterocycles. The van der Waals surface area contributed by atoms with E-state index in [1.165, 1.54) is 12.8 Å². The van der Waals surface area contributed by atoms with Crippen molar-refractivity contribution in [1.82, 2.24) is 5.32 Å². The van der Waals surface area contributed by atoms with E-state index in [4.69, 9.17) is 0 Å². The highest BCUT2D eigenvalue weighted by Gasteiger charge is 2.24. The summed E-state index contributed by atoms with van der Waals surface area (Å²) in [6.07, 6.45) is 2.59. The summed E-state index contributed by atoms with van der Waals surface area (Å²) in [6, 6.07) is 0.996. The van der Waals surface area contributed by atoms with Crippen LogP contribution >= 0.6 is 11.8 Å². The van der Waals surface area contributed by atoms with Crippen LogP contribution in [0.2, 0.25) is 0 Å². The molecule has 0 aromatic rings. The second-order valence-corrected chi connectivity index (χ2v) is 6.01. The van der Waals surface area contributed by atoms with Gasteiger partial charge in [0.25, 0.3) is 0 Å². The maximum Gasteiger partial charge on any atom is 0.0592 e. The van der Waals surface area contributed by atoms with Crippen LogP contribution in [-0.4, -0.2) is 34.8 Å².